The van der Waals surface area contributed by atoms with Crippen LogP contribution in [-0.4, -0.2) is 22.3 Å². The molecule has 12 heavy (non-hydrogen) atoms. The monoisotopic (exact) mass is 184 g/mol. The summed E-state index contributed by atoms with van der Waals surface area (Å²) >= 11 is 1.58. The van der Waals surface area contributed by atoms with Crippen LogP contribution in [0.3, 0.4) is 0 Å². The topological polar surface area (TPSA) is 35.0 Å². The van der Waals surface area contributed by atoms with Gasteiger partial charge in [0.1, 0.15) is 5.03 Å². The average Bonchev–Trinajstić information content (AvgIpc) is 2.03. The molecule has 4 heteroatoms. The molecule has 0 aliphatic rings. The van der Waals surface area contributed by atoms with Gasteiger partial charge in [0.15, 0.2) is 0 Å². The van der Waals surface area contributed by atoms with E-state index < -0.39 is 0 Å². The van der Waals surface area contributed by atoms with Crippen molar-refractivity contribution >= 4 is 11.8 Å². The van der Waals surface area contributed by atoms with Crippen LogP contribution in [0.4, 0.5) is 0 Å². The lowest BCUT2D eigenvalue weighted by Gasteiger charge is -2.06. The molecule has 0 bridgehead atoms. The van der Waals surface area contributed by atoms with Crippen LogP contribution in [0.5, 0.6) is 6.01 Å². The zero-order valence-electron chi connectivity index (χ0n) is 7.44. The Morgan fingerprint density at radius 2 is 2.25 bits per heavy atom. The Labute approximate surface area is 76.6 Å². The van der Waals surface area contributed by atoms with Crippen molar-refractivity contribution in [3.05, 3.63) is 12.3 Å². The van der Waals surface area contributed by atoms with Crippen LogP contribution in [0, 0.1) is 0 Å². The van der Waals surface area contributed by atoms with Crippen LogP contribution >= 0.6 is 11.8 Å². The van der Waals surface area contributed by atoms with Gasteiger partial charge in [0, 0.05) is 6.20 Å². The molecule has 0 N–H and O–H groups in total. The van der Waals surface area contributed by atoms with E-state index in [4.69, 9.17) is 4.74 Å². The van der Waals surface area contributed by atoms with Crippen LogP contribution in [-0.2, 0) is 0 Å². The fraction of sp³-hybridized carbons (Fsp3) is 0.500. The van der Waals surface area contributed by atoms with Crippen molar-refractivity contribution in [1.29, 1.82) is 0 Å². The van der Waals surface area contributed by atoms with E-state index in [1.165, 1.54) is 0 Å². The Morgan fingerprint density at radius 1 is 1.50 bits per heavy atom. The second kappa shape index (κ2) is 4.30. The van der Waals surface area contributed by atoms with Gasteiger partial charge in [-0.05, 0) is 26.2 Å². The molecule has 0 saturated heterocycles. The van der Waals surface area contributed by atoms with Gasteiger partial charge < -0.3 is 4.74 Å². The molecule has 0 saturated carbocycles. The largest absolute Gasteiger partial charge is 0.461 e. The molecule has 0 atom stereocenters. The fourth-order valence-corrected chi connectivity index (χ4v) is 1.07. The second-order valence-electron chi connectivity index (χ2n) is 2.55. The van der Waals surface area contributed by atoms with Crippen molar-refractivity contribution in [2.75, 3.05) is 6.26 Å². The summed E-state index contributed by atoms with van der Waals surface area (Å²) in [5, 5.41) is 0.931. The lowest BCUT2D eigenvalue weighted by atomic mass is 10.5. The number of hydrogen-bond acceptors (Lipinski definition) is 4. The normalized spacial score (nSPS) is 10.3. The number of ether oxygens (including phenoxy) is 1. The maximum absolute atomic E-state index is 5.32. The highest BCUT2D eigenvalue weighted by Gasteiger charge is 2.00. The van der Waals surface area contributed by atoms with E-state index in [1.807, 2.05) is 26.2 Å². The highest BCUT2D eigenvalue weighted by Crippen LogP contribution is 2.13. The molecule has 0 unspecified atom stereocenters. The SMILES string of the molecule is CSc1ccnc(OC(C)C)n1. The molecule has 0 aliphatic heterocycles. The highest BCUT2D eigenvalue weighted by atomic mass is 32.2. The summed E-state index contributed by atoms with van der Waals surface area (Å²) in [5.41, 5.74) is 0. The molecule has 1 aromatic rings. The Morgan fingerprint density at radius 3 is 2.83 bits per heavy atom. The van der Waals surface area contributed by atoms with Crippen LogP contribution in [0.25, 0.3) is 0 Å². The molecule has 66 valence electrons. The first-order valence-electron chi connectivity index (χ1n) is 3.76. The minimum atomic E-state index is 0.127. The second-order valence-corrected chi connectivity index (χ2v) is 3.37. The standard InChI is InChI=1S/C8H12N2OS/c1-6(2)11-8-9-5-4-7(10-8)12-3/h4-6H,1-3H3. The van der Waals surface area contributed by atoms with E-state index in [0.29, 0.717) is 6.01 Å². The molecular formula is C8H12N2OS. The molecule has 0 amide bonds. The van der Waals surface area contributed by atoms with Gasteiger partial charge in [-0.1, -0.05) is 0 Å². The third kappa shape index (κ3) is 2.70. The van der Waals surface area contributed by atoms with Gasteiger partial charge in [-0.25, -0.2) is 4.98 Å². The predicted octanol–water partition coefficient (Wildman–Crippen LogP) is 1.99. The Hall–Kier alpha value is -0.770. The summed E-state index contributed by atoms with van der Waals surface area (Å²) in [4.78, 5) is 8.14. The van der Waals surface area contributed by atoms with Crippen molar-refractivity contribution in [3.63, 3.8) is 0 Å². The van der Waals surface area contributed by atoms with Crippen molar-refractivity contribution in [2.45, 2.75) is 25.0 Å². The van der Waals surface area contributed by atoms with Crippen LogP contribution in [0.2, 0.25) is 0 Å². The molecule has 1 aromatic heterocycles. The zero-order valence-corrected chi connectivity index (χ0v) is 8.26. The van der Waals surface area contributed by atoms with E-state index in [2.05, 4.69) is 9.97 Å². The molecule has 1 heterocycles. The number of aromatic nitrogens is 2. The highest BCUT2D eigenvalue weighted by molar-refractivity contribution is 7.98. The van der Waals surface area contributed by atoms with Gasteiger partial charge in [0.25, 0.3) is 0 Å². The summed E-state index contributed by atoms with van der Waals surface area (Å²) < 4.78 is 5.32. The maximum Gasteiger partial charge on any atom is 0.317 e. The van der Waals surface area contributed by atoms with Crippen LogP contribution in [0.1, 0.15) is 13.8 Å². The number of nitrogens with zero attached hydrogens (tertiary/aromatic N) is 2. The van der Waals surface area contributed by atoms with Crippen molar-refractivity contribution in [2.24, 2.45) is 0 Å². The van der Waals surface area contributed by atoms with E-state index in [0.717, 1.165) is 5.03 Å². The summed E-state index contributed by atoms with van der Waals surface area (Å²) in [6.07, 6.45) is 3.81. The van der Waals surface area contributed by atoms with Crippen LogP contribution in [0.15, 0.2) is 17.3 Å². The summed E-state index contributed by atoms with van der Waals surface area (Å²) in [7, 11) is 0. The third-order valence-electron chi connectivity index (χ3n) is 1.16. The Kier molecular flexibility index (Phi) is 3.34. The first-order valence-corrected chi connectivity index (χ1v) is 4.98. The molecule has 0 aromatic carbocycles. The third-order valence-corrected chi connectivity index (χ3v) is 1.80. The van der Waals surface area contributed by atoms with E-state index in [1.54, 1.807) is 18.0 Å². The molecule has 0 aliphatic carbocycles. The quantitative estimate of drug-likeness (QED) is 0.531. The minimum absolute atomic E-state index is 0.127. The average molecular weight is 184 g/mol. The number of rotatable bonds is 3. The number of thioether (sulfide) groups is 1. The van der Waals surface area contributed by atoms with Gasteiger partial charge >= 0.3 is 6.01 Å². The Bertz CT molecular complexity index is 253. The number of hydrogen-bond donors (Lipinski definition) is 0. The van der Waals surface area contributed by atoms with Gasteiger partial charge in [-0.3, -0.25) is 0 Å². The maximum atomic E-state index is 5.32. The summed E-state index contributed by atoms with van der Waals surface area (Å²) in [6.45, 7) is 3.91. The molecule has 0 fully saturated rings. The van der Waals surface area contributed by atoms with E-state index >= 15 is 0 Å². The van der Waals surface area contributed by atoms with E-state index in [9.17, 15) is 0 Å². The van der Waals surface area contributed by atoms with Crippen molar-refractivity contribution in [1.82, 2.24) is 9.97 Å². The molecule has 0 radical (unpaired) electrons. The van der Waals surface area contributed by atoms with Gasteiger partial charge in [-0.15, -0.1) is 11.8 Å². The summed E-state index contributed by atoms with van der Waals surface area (Å²) in [5.74, 6) is 0. The van der Waals surface area contributed by atoms with Crippen molar-refractivity contribution in [3.8, 4) is 6.01 Å². The van der Waals surface area contributed by atoms with E-state index in [-0.39, 0.29) is 6.10 Å². The van der Waals surface area contributed by atoms with Crippen LogP contribution < -0.4 is 4.74 Å². The molecule has 0 spiro atoms. The first-order chi connectivity index (χ1) is 5.72. The zero-order chi connectivity index (χ0) is 8.97. The molecule has 3 nitrogen and oxygen atoms in total. The summed E-state index contributed by atoms with van der Waals surface area (Å²) in [6, 6.07) is 2.31. The van der Waals surface area contributed by atoms with Crippen molar-refractivity contribution < 1.29 is 4.74 Å². The van der Waals surface area contributed by atoms with Gasteiger partial charge in [-0.2, -0.15) is 4.98 Å². The molecular weight excluding hydrogens is 172 g/mol. The smallest absolute Gasteiger partial charge is 0.317 e. The lowest BCUT2D eigenvalue weighted by Crippen LogP contribution is -2.08. The lowest BCUT2D eigenvalue weighted by molar-refractivity contribution is 0.220. The van der Waals surface area contributed by atoms with Gasteiger partial charge in [0.05, 0.1) is 6.10 Å². The minimum Gasteiger partial charge on any atom is -0.461 e. The fourth-order valence-electron chi connectivity index (χ4n) is 0.706. The molecule has 1 rings (SSSR count). The predicted molar refractivity (Wildman–Crippen MR) is 49.6 cm³/mol. The Balaban J connectivity index is 2.72. The first kappa shape index (κ1) is 9.32. The van der Waals surface area contributed by atoms with Gasteiger partial charge in [0.2, 0.25) is 0 Å².